The number of fused-ring (bicyclic) bond motifs is 1. The highest BCUT2D eigenvalue weighted by Gasteiger charge is 2.24. The van der Waals surface area contributed by atoms with Crippen molar-refractivity contribution in [3.8, 4) is 17.7 Å². The number of hydrogen-bond acceptors (Lipinski definition) is 5. The fourth-order valence-electron chi connectivity index (χ4n) is 3.90. The Hall–Kier alpha value is -3.46. The van der Waals surface area contributed by atoms with Gasteiger partial charge in [-0.3, -0.25) is 5.32 Å². The van der Waals surface area contributed by atoms with E-state index >= 15 is 0 Å². The lowest BCUT2D eigenvalue weighted by Gasteiger charge is -2.19. The number of rotatable bonds is 7. The van der Waals surface area contributed by atoms with Crippen LogP contribution in [0.3, 0.4) is 0 Å². The number of nitrogens with one attached hydrogen (secondary N) is 1. The number of methoxy groups -OCH3 is 1. The summed E-state index contributed by atoms with van der Waals surface area (Å²) < 4.78 is 13.8. The van der Waals surface area contributed by atoms with Gasteiger partial charge >= 0.3 is 0 Å². The van der Waals surface area contributed by atoms with Crippen LogP contribution in [-0.2, 0) is 19.4 Å². The second-order valence-corrected chi connectivity index (χ2v) is 7.37. The molecule has 0 saturated carbocycles. The first-order valence-electron chi connectivity index (χ1n) is 9.75. The minimum absolute atomic E-state index is 0.118. The van der Waals surface area contributed by atoms with Crippen molar-refractivity contribution in [2.45, 2.75) is 38.3 Å². The number of hydrogen-bond donors (Lipinski definition) is 1. The Morgan fingerprint density at radius 3 is 2.66 bits per heavy atom. The molecule has 148 valence electrons. The summed E-state index contributed by atoms with van der Waals surface area (Å²) in [6, 6.07) is 14.6. The number of nitriles is 1. The van der Waals surface area contributed by atoms with E-state index in [1.165, 1.54) is 11.1 Å². The number of aromatic nitrogens is 2. The predicted molar refractivity (Wildman–Crippen MR) is 111 cm³/mol. The lowest BCUT2D eigenvalue weighted by molar-refractivity contribution is 0.204. The molecule has 6 heteroatoms. The van der Waals surface area contributed by atoms with Crippen LogP contribution in [0.4, 0.5) is 5.95 Å². The van der Waals surface area contributed by atoms with Crippen LogP contribution in [0.25, 0.3) is 0 Å². The molecule has 1 atom stereocenters. The summed E-state index contributed by atoms with van der Waals surface area (Å²) in [5.41, 5.74) is 3.87. The molecule has 0 spiro atoms. The summed E-state index contributed by atoms with van der Waals surface area (Å²) in [6.07, 6.45) is 7.43. The molecule has 29 heavy (non-hydrogen) atoms. The molecule has 1 aliphatic carbocycles. The van der Waals surface area contributed by atoms with Gasteiger partial charge in [0.05, 0.1) is 7.11 Å². The van der Waals surface area contributed by atoms with Gasteiger partial charge in [-0.25, -0.2) is 4.98 Å². The second kappa shape index (κ2) is 8.27. The van der Waals surface area contributed by atoms with Crippen molar-refractivity contribution in [2.75, 3.05) is 12.4 Å². The van der Waals surface area contributed by atoms with Crippen molar-refractivity contribution < 1.29 is 9.47 Å². The zero-order valence-electron chi connectivity index (χ0n) is 16.6. The topological polar surface area (TPSA) is 72.1 Å². The fourth-order valence-corrected chi connectivity index (χ4v) is 3.90. The molecule has 0 saturated heterocycles. The molecule has 0 fully saturated rings. The van der Waals surface area contributed by atoms with E-state index in [0.29, 0.717) is 12.5 Å². The molecule has 1 aliphatic rings. The summed E-state index contributed by atoms with van der Waals surface area (Å²) in [5.74, 6) is 2.27. The number of nitrogens with zero attached hydrogens (tertiary/aromatic N) is 3. The number of anilines is 1. The predicted octanol–water partition coefficient (Wildman–Crippen LogP) is 4.13. The van der Waals surface area contributed by atoms with Crippen molar-refractivity contribution in [3.63, 3.8) is 0 Å². The van der Waals surface area contributed by atoms with E-state index in [2.05, 4.69) is 53.6 Å². The second-order valence-electron chi connectivity index (χ2n) is 7.37. The Labute approximate surface area is 170 Å². The van der Waals surface area contributed by atoms with Crippen molar-refractivity contribution in [3.05, 3.63) is 71.5 Å². The quantitative estimate of drug-likeness (QED) is 0.487. The Kier molecular flexibility index (Phi) is 5.39. The maximum Gasteiger partial charge on any atom is 0.216 e. The third kappa shape index (κ3) is 4.04. The summed E-state index contributed by atoms with van der Waals surface area (Å²) in [5, 5.41) is 11.5. The van der Waals surface area contributed by atoms with Crippen LogP contribution < -0.4 is 14.8 Å². The minimum Gasteiger partial charge on any atom is -0.493 e. The standard InChI is InChI=1S/C23H24N4O2/c1-16(14-27-10-9-25-23(27)26-15-24)17-7-8-21(28-2)22(13-17)29-20-11-18-5-3-4-6-19(18)12-20/h3-10,13,16,20H,11-12,14H2,1-2H3,(H,25,26). The highest BCUT2D eigenvalue weighted by atomic mass is 16.5. The van der Waals surface area contributed by atoms with Crippen LogP contribution in [0, 0.1) is 11.5 Å². The molecule has 6 nitrogen and oxygen atoms in total. The SMILES string of the molecule is COc1ccc(C(C)Cn2ccnc2NC#N)cc1OC1Cc2ccccc2C1. The minimum atomic E-state index is 0.118. The fraction of sp³-hybridized carbons (Fsp3) is 0.304. The number of benzene rings is 2. The first-order valence-corrected chi connectivity index (χ1v) is 9.75. The van der Waals surface area contributed by atoms with Gasteiger partial charge in [-0.15, -0.1) is 0 Å². The van der Waals surface area contributed by atoms with Gasteiger partial charge in [0.1, 0.15) is 6.10 Å². The molecule has 4 rings (SSSR count). The van der Waals surface area contributed by atoms with E-state index < -0.39 is 0 Å². The molecule has 1 aromatic heterocycles. The number of ether oxygens (including phenoxy) is 2. The molecule has 1 N–H and O–H groups in total. The van der Waals surface area contributed by atoms with Gasteiger partial charge in [0.2, 0.25) is 5.95 Å². The van der Waals surface area contributed by atoms with E-state index in [1.807, 2.05) is 23.0 Å². The molecule has 0 radical (unpaired) electrons. The average Bonchev–Trinajstić information content (AvgIpc) is 3.34. The van der Waals surface area contributed by atoms with Crippen LogP contribution >= 0.6 is 0 Å². The monoisotopic (exact) mass is 388 g/mol. The smallest absolute Gasteiger partial charge is 0.216 e. The van der Waals surface area contributed by atoms with Crippen LogP contribution in [0.5, 0.6) is 11.5 Å². The Morgan fingerprint density at radius 2 is 1.97 bits per heavy atom. The Morgan fingerprint density at radius 1 is 1.21 bits per heavy atom. The maximum absolute atomic E-state index is 8.86. The first-order chi connectivity index (χ1) is 14.2. The summed E-state index contributed by atoms with van der Waals surface area (Å²) in [7, 11) is 1.67. The molecule has 1 heterocycles. The third-order valence-electron chi connectivity index (χ3n) is 5.42. The third-order valence-corrected chi connectivity index (χ3v) is 5.42. The Bertz CT molecular complexity index is 1010. The molecule has 2 aromatic carbocycles. The van der Waals surface area contributed by atoms with E-state index in [-0.39, 0.29) is 12.0 Å². The van der Waals surface area contributed by atoms with E-state index in [1.54, 1.807) is 13.3 Å². The normalized spacial score (nSPS) is 14.1. The van der Waals surface area contributed by atoms with Gasteiger partial charge in [0, 0.05) is 31.8 Å². The summed E-state index contributed by atoms with van der Waals surface area (Å²) in [4.78, 5) is 4.17. The van der Waals surface area contributed by atoms with Gasteiger partial charge in [-0.05, 0) is 34.7 Å². The van der Waals surface area contributed by atoms with Gasteiger partial charge < -0.3 is 14.0 Å². The highest BCUT2D eigenvalue weighted by molar-refractivity contribution is 5.45. The number of imidazole rings is 1. The average molecular weight is 388 g/mol. The largest absolute Gasteiger partial charge is 0.493 e. The van der Waals surface area contributed by atoms with Crippen LogP contribution in [-0.4, -0.2) is 22.8 Å². The molecule has 0 aliphatic heterocycles. The lowest BCUT2D eigenvalue weighted by Crippen LogP contribution is -2.17. The Balaban J connectivity index is 1.51. The zero-order chi connectivity index (χ0) is 20.2. The molecular formula is C23H24N4O2. The van der Waals surface area contributed by atoms with Gasteiger partial charge in [-0.2, -0.15) is 5.26 Å². The van der Waals surface area contributed by atoms with Gasteiger partial charge in [0.15, 0.2) is 17.7 Å². The van der Waals surface area contributed by atoms with E-state index in [4.69, 9.17) is 14.7 Å². The zero-order valence-corrected chi connectivity index (χ0v) is 16.6. The highest BCUT2D eigenvalue weighted by Crippen LogP contribution is 2.34. The lowest BCUT2D eigenvalue weighted by atomic mass is 10.0. The van der Waals surface area contributed by atoms with Crippen molar-refractivity contribution in [1.82, 2.24) is 9.55 Å². The summed E-state index contributed by atoms with van der Waals surface area (Å²) >= 11 is 0. The van der Waals surface area contributed by atoms with Crippen LogP contribution in [0.2, 0.25) is 0 Å². The van der Waals surface area contributed by atoms with E-state index in [0.717, 1.165) is 29.9 Å². The maximum atomic E-state index is 8.86. The van der Waals surface area contributed by atoms with E-state index in [9.17, 15) is 0 Å². The van der Waals surface area contributed by atoms with Crippen molar-refractivity contribution >= 4 is 5.95 Å². The van der Waals surface area contributed by atoms with Crippen molar-refractivity contribution in [1.29, 1.82) is 5.26 Å². The molecule has 0 amide bonds. The first kappa shape index (κ1) is 18.9. The van der Waals surface area contributed by atoms with Crippen LogP contribution in [0.1, 0.15) is 29.5 Å². The molecular weight excluding hydrogens is 364 g/mol. The molecule has 1 unspecified atom stereocenters. The molecule has 0 bridgehead atoms. The van der Waals surface area contributed by atoms with Gasteiger partial charge in [-0.1, -0.05) is 37.3 Å². The van der Waals surface area contributed by atoms with Gasteiger partial charge in [0.25, 0.3) is 0 Å². The summed E-state index contributed by atoms with van der Waals surface area (Å²) in [6.45, 7) is 2.85. The molecule has 3 aromatic rings. The van der Waals surface area contributed by atoms with Crippen LogP contribution in [0.15, 0.2) is 54.9 Å². The van der Waals surface area contributed by atoms with Crippen molar-refractivity contribution in [2.24, 2.45) is 0 Å².